The van der Waals surface area contributed by atoms with E-state index in [0.717, 1.165) is 63.6 Å². The summed E-state index contributed by atoms with van der Waals surface area (Å²) in [5.41, 5.74) is 1.26. The highest BCUT2D eigenvalue weighted by Crippen LogP contribution is 2.28. The van der Waals surface area contributed by atoms with E-state index in [1.54, 1.807) is 0 Å². The van der Waals surface area contributed by atoms with Crippen LogP contribution in [0, 0.1) is 11.3 Å². The van der Waals surface area contributed by atoms with Crippen LogP contribution in [-0.4, -0.2) is 67.8 Å². The lowest BCUT2D eigenvalue weighted by Crippen LogP contribution is -2.46. The molecular formula is C25H40N6O. The van der Waals surface area contributed by atoms with Crippen molar-refractivity contribution < 1.29 is 4.79 Å². The molecule has 4 rings (SSSR count). The molecular weight excluding hydrogens is 400 g/mol. The Hall–Kier alpha value is -2.15. The third-order valence-corrected chi connectivity index (χ3v) is 7.49. The topological polar surface area (TPSA) is 84.4 Å². The van der Waals surface area contributed by atoms with E-state index >= 15 is 0 Å². The maximum atomic E-state index is 13.4. The van der Waals surface area contributed by atoms with Gasteiger partial charge in [-0.2, -0.15) is 0 Å². The van der Waals surface area contributed by atoms with Crippen molar-refractivity contribution in [3.05, 3.63) is 17.2 Å². The molecule has 1 aromatic heterocycles. The second kappa shape index (κ2) is 11.1. The Labute approximate surface area is 192 Å². The summed E-state index contributed by atoms with van der Waals surface area (Å²) in [5.74, 6) is 2.26. The minimum absolute atomic E-state index is 0.0447. The molecule has 1 aromatic rings. The largest absolute Gasteiger partial charge is 0.373 e. The SMILES string of the molecule is CNc1nc(N2CCCCCC2)c(C(=O)NC2CCN(CC3CCCC3)CC2)cc1C=N. The summed E-state index contributed by atoms with van der Waals surface area (Å²) in [6, 6.07) is 2.06. The predicted molar refractivity (Wildman–Crippen MR) is 131 cm³/mol. The molecule has 0 spiro atoms. The van der Waals surface area contributed by atoms with E-state index in [1.807, 2.05) is 13.1 Å². The second-order valence-corrected chi connectivity index (χ2v) is 9.79. The van der Waals surface area contributed by atoms with E-state index in [-0.39, 0.29) is 11.9 Å². The van der Waals surface area contributed by atoms with Crippen LogP contribution in [0.2, 0.25) is 0 Å². The van der Waals surface area contributed by atoms with Crippen LogP contribution in [0.4, 0.5) is 11.6 Å². The minimum atomic E-state index is -0.0447. The Morgan fingerprint density at radius 3 is 2.38 bits per heavy atom. The van der Waals surface area contributed by atoms with E-state index in [1.165, 1.54) is 51.3 Å². The van der Waals surface area contributed by atoms with Gasteiger partial charge in [0, 0.05) is 57.6 Å². The summed E-state index contributed by atoms with van der Waals surface area (Å²) in [7, 11) is 1.82. The van der Waals surface area contributed by atoms with Crippen LogP contribution in [0.15, 0.2) is 6.07 Å². The number of aromatic nitrogens is 1. The lowest BCUT2D eigenvalue weighted by molar-refractivity contribution is 0.0906. The molecule has 0 atom stereocenters. The molecule has 3 heterocycles. The molecule has 1 aliphatic carbocycles. The fraction of sp³-hybridized carbons (Fsp3) is 0.720. The molecule has 1 saturated carbocycles. The molecule has 2 saturated heterocycles. The van der Waals surface area contributed by atoms with Crippen molar-refractivity contribution >= 4 is 23.8 Å². The molecule has 3 fully saturated rings. The molecule has 7 nitrogen and oxygen atoms in total. The highest BCUT2D eigenvalue weighted by atomic mass is 16.1. The molecule has 7 heteroatoms. The van der Waals surface area contributed by atoms with Gasteiger partial charge in [-0.1, -0.05) is 25.7 Å². The Bertz CT molecular complexity index is 775. The fourth-order valence-corrected chi connectivity index (χ4v) is 5.60. The van der Waals surface area contributed by atoms with Gasteiger partial charge in [0.05, 0.1) is 5.56 Å². The Morgan fingerprint density at radius 2 is 1.75 bits per heavy atom. The van der Waals surface area contributed by atoms with Crippen molar-refractivity contribution in [1.29, 1.82) is 5.41 Å². The van der Waals surface area contributed by atoms with Crippen LogP contribution >= 0.6 is 0 Å². The summed E-state index contributed by atoms with van der Waals surface area (Å²) < 4.78 is 0. The Balaban J connectivity index is 1.44. The third kappa shape index (κ3) is 5.61. The van der Waals surface area contributed by atoms with Crippen molar-refractivity contribution in [3.8, 4) is 0 Å². The monoisotopic (exact) mass is 440 g/mol. The van der Waals surface area contributed by atoms with E-state index in [2.05, 4.69) is 20.4 Å². The number of hydrogen-bond donors (Lipinski definition) is 3. The average molecular weight is 441 g/mol. The minimum Gasteiger partial charge on any atom is -0.373 e. The molecule has 0 unspecified atom stereocenters. The number of amides is 1. The molecule has 32 heavy (non-hydrogen) atoms. The molecule has 2 aliphatic heterocycles. The van der Waals surface area contributed by atoms with Gasteiger partial charge < -0.3 is 25.8 Å². The molecule has 3 N–H and O–H groups in total. The molecule has 0 aromatic carbocycles. The summed E-state index contributed by atoms with van der Waals surface area (Å²) in [4.78, 5) is 23.1. The van der Waals surface area contributed by atoms with E-state index in [4.69, 9.17) is 10.4 Å². The van der Waals surface area contributed by atoms with Gasteiger partial charge in [0.1, 0.15) is 11.6 Å². The van der Waals surface area contributed by atoms with Crippen molar-refractivity contribution in [2.24, 2.45) is 5.92 Å². The number of carbonyl (C=O) groups is 1. The van der Waals surface area contributed by atoms with Gasteiger partial charge in [-0.3, -0.25) is 4.79 Å². The smallest absolute Gasteiger partial charge is 0.255 e. The highest BCUT2D eigenvalue weighted by molar-refractivity contribution is 6.02. The zero-order chi connectivity index (χ0) is 22.3. The van der Waals surface area contributed by atoms with Gasteiger partial charge in [0.2, 0.25) is 0 Å². The first-order chi connectivity index (χ1) is 15.7. The lowest BCUT2D eigenvalue weighted by Gasteiger charge is -2.34. The molecule has 0 radical (unpaired) electrons. The zero-order valence-corrected chi connectivity index (χ0v) is 19.7. The number of piperidine rings is 1. The standard InChI is InChI=1S/C25H40N6O/c1-27-23-20(17-26)16-22(24(29-23)31-12-6-2-3-7-13-31)25(32)28-21-10-14-30(15-11-21)18-19-8-4-5-9-19/h16-17,19,21,26H,2-15,18H2,1H3,(H,27,29)(H,28,32). The number of likely N-dealkylation sites (tertiary alicyclic amines) is 1. The maximum Gasteiger partial charge on any atom is 0.255 e. The zero-order valence-electron chi connectivity index (χ0n) is 19.7. The Morgan fingerprint density at radius 1 is 1.06 bits per heavy atom. The van der Waals surface area contributed by atoms with Crippen molar-refractivity contribution in [2.75, 3.05) is 50.0 Å². The van der Waals surface area contributed by atoms with E-state index in [9.17, 15) is 4.79 Å². The first kappa shape index (κ1) is 23.0. The van der Waals surface area contributed by atoms with Gasteiger partial charge >= 0.3 is 0 Å². The quantitative estimate of drug-likeness (QED) is 0.560. The lowest BCUT2D eigenvalue weighted by atomic mass is 10.0. The van der Waals surface area contributed by atoms with Crippen LogP contribution in [0.1, 0.15) is 80.1 Å². The van der Waals surface area contributed by atoms with Crippen LogP contribution < -0.4 is 15.5 Å². The van der Waals surface area contributed by atoms with Crippen molar-refractivity contribution in [1.82, 2.24) is 15.2 Å². The summed E-state index contributed by atoms with van der Waals surface area (Å²) in [5, 5.41) is 14.2. The van der Waals surface area contributed by atoms with E-state index < -0.39 is 0 Å². The normalized spacial score (nSPS) is 21.3. The van der Waals surface area contributed by atoms with Crippen LogP contribution in [0.5, 0.6) is 0 Å². The molecule has 176 valence electrons. The van der Waals surface area contributed by atoms with Crippen molar-refractivity contribution in [2.45, 2.75) is 70.3 Å². The van der Waals surface area contributed by atoms with Gasteiger partial charge in [0.15, 0.2) is 0 Å². The highest BCUT2D eigenvalue weighted by Gasteiger charge is 2.27. The fourth-order valence-electron chi connectivity index (χ4n) is 5.60. The summed E-state index contributed by atoms with van der Waals surface area (Å²) in [6.07, 6.45) is 13.6. The van der Waals surface area contributed by atoms with Crippen LogP contribution in [0.3, 0.4) is 0 Å². The van der Waals surface area contributed by atoms with Crippen LogP contribution in [0.25, 0.3) is 0 Å². The van der Waals surface area contributed by atoms with Gasteiger partial charge in [-0.15, -0.1) is 0 Å². The predicted octanol–water partition coefficient (Wildman–Crippen LogP) is 3.89. The van der Waals surface area contributed by atoms with Crippen molar-refractivity contribution in [3.63, 3.8) is 0 Å². The third-order valence-electron chi connectivity index (χ3n) is 7.49. The number of nitrogens with one attached hydrogen (secondary N) is 3. The number of anilines is 2. The van der Waals surface area contributed by atoms with Gasteiger partial charge in [-0.25, -0.2) is 4.98 Å². The molecule has 1 amide bonds. The summed E-state index contributed by atoms with van der Waals surface area (Å²) in [6.45, 7) is 5.24. The first-order valence-electron chi connectivity index (χ1n) is 12.7. The molecule has 0 bridgehead atoms. The number of hydrogen-bond acceptors (Lipinski definition) is 6. The molecule has 3 aliphatic rings. The van der Waals surface area contributed by atoms with E-state index in [0.29, 0.717) is 16.9 Å². The second-order valence-electron chi connectivity index (χ2n) is 9.79. The first-order valence-corrected chi connectivity index (χ1v) is 12.7. The number of pyridine rings is 1. The van der Waals surface area contributed by atoms with Gasteiger partial charge in [-0.05, 0) is 50.5 Å². The van der Waals surface area contributed by atoms with Crippen LogP contribution in [-0.2, 0) is 0 Å². The Kier molecular flexibility index (Phi) is 8.00. The number of carbonyl (C=O) groups excluding carboxylic acids is 1. The number of rotatable bonds is 7. The van der Waals surface area contributed by atoms with Gasteiger partial charge in [0.25, 0.3) is 5.91 Å². The summed E-state index contributed by atoms with van der Waals surface area (Å²) >= 11 is 0. The number of nitrogens with zero attached hydrogens (tertiary/aromatic N) is 3. The average Bonchev–Trinajstić information content (AvgIpc) is 3.18. The maximum absolute atomic E-state index is 13.4.